The number of anilines is 2. The quantitative estimate of drug-likeness (QED) is 0.242. The smallest absolute Gasteiger partial charge is 0.0629 e. The number of hydrogen-bond donors (Lipinski definition) is 1. The van der Waals surface area contributed by atoms with E-state index in [1.165, 1.54) is 70.0 Å². The average Bonchev–Trinajstić information content (AvgIpc) is 3.66. The van der Waals surface area contributed by atoms with Crippen LogP contribution in [0, 0.1) is 0 Å². The lowest BCUT2D eigenvalue weighted by atomic mass is 9.91. The van der Waals surface area contributed by atoms with Crippen LogP contribution in [-0.4, -0.2) is 11.0 Å². The number of H-pyrrole nitrogens is 1. The molecule has 5 aromatic carbocycles. The molecule has 1 aliphatic carbocycles. The van der Waals surface area contributed by atoms with E-state index in [0.29, 0.717) is 5.92 Å². The maximum absolute atomic E-state index is 3.67. The third kappa shape index (κ3) is 3.02. The van der Waals surface area contributed by atoms with Crippen LogP contribution in [0.4, 0.5) is 11.4 Å². The largest absolute Gasteiger partial charge is 0.354 e. The number of thiophene rings is 1. The standard InChI is InChI=1S/C36H24N2S/c1-4-13-30-28(12-1)35-31(37-30)18-17-27-25-10-2-5-14-32(25)38(36(27)35)24-9-7-8-22(20-24)23-16-19-34-29(21-23)26-11-3-6-15-33(26)39-34/h1-21,25,32,37H. The number of rotatable bonds is 2. The molecule has 9 rings (SSSR count). The molecule has 3 heterocycles. The molecule has 7 aromatic rings. The second kappa shape index (κ2) is 7.95. The molecule has 3 heteroatoms. The summed E-state index contributed by atoms with van der Waals surface area (Å²) in [6, 6.07) is 38.3. The fraction of sp³-hybridized carbons (Fsp3) is 0.0556. The highest BCUT2D eigenvalue weighted by atomic mass is 32.1. The van der Waals surface area contributed by atoms with Crippen LogP contribution in [0.2, 0.25) is 0 Å². The monoisotopic (exact) mass is 516 g/mol. The van der Waals surface area contributed by atoms with Gasteiger partial charge in [0.15, 0.2) is 0 Å². The third-order valence-electron chi connectivity index (χ3n) is 8.51. The summed E-state index contributed by atoms with van der Waals surface area (Å²) in [5.41, 5.74) is 8.84. The number of nitrogens with zero attached hydrogens (tertiary/aromatic N) is 1. The molecule has 2 aromatic heterocycles. The Morgan fingerprint density at radius 2 is 1.44 bits per heavy atom. The first-order valence-corrected chi connectivity index (χ1v) is 14.3. The Labute approximate surface area is 230 Å². The summed E-state index contributed by atoms with van der Waals surface area (Å²) in [5.74, 6) is 0.334. The second-order valence-corrected chi connectivity index (χ2v) is 11.7. The van der Waals surface area contributed by atoms with E-state index in [4.69, 9.17) is 0 Å². The molecule has 184 valence electrons. The highest BCUT2D eigenvalue weighted by Crippen LogP contribution is 2.52. The van der Waals surface area contributed by atoms with Crippen LogP contribution in [-0.2, 0) is 0 Å². The first kappa shape index (κ1) is 21.3. The summed E-state index contributed by atoms with van der Waals surface area (Å²) in [6.45, 7) is 0. The van der Waals surface area contributed by atoms with Gasteiger partial charge in [-0.25, -0.2) is 0 Å². The summed E-state index contributed by atoms with van der Waals surface area (Å²) >= 11 is 1.87. The molecule has 0 amide bonds. The van der Waals surface area contributed by atoms with Crippen molar-refractivity contribution < 1.29 is 0 Å². The minimum Gasteiger partial charge on any atom is -0.354 e. The lowest BCUT2D eigenvalue weighted by Crippen LogP contribution is -2.28. The van der Waals surface area contributed by atoms with Gasteiger partial charge in [0.1, 0.15) is 0 Å². The SMILES string of the molecule is C1=CC2c3ccc4[nH]c5ccccc5c4c3N(c3cccc(-c4ccc5sc6ccccc6c5c4)c3)C2C=C1. The van der Waals surface area contributed by atoms with Crippen molar-refractivity contribution in [3.05, 3.63) is 133 Å². The zero-order valence-corrected chi connectivity index (χ0v) is 22.0. The molecule has 1 aliphatic heterocycles. The van der Waals surface area contributed by atoms with Crippen molar-refractivity contribution in [1.29, 1.82) is 0 Å². The minimum absolute atomic E-state index is 0.253. The molecule has 0 saturated carbocycles. The van der Waals surface area contributed by atoms with Gasteiger partial charge in [0, 0.05) is 53.6 Å². The van der Waals surface area contributed by atoms with E-state index in [2.05, 4.69) is 137 Å². The van der Waals surface area contributed by atoms with Crippen molar-refractivity contribution >= 4 is 64.7 Å². The normalized spacial score (nSPS) is 18.0. The summed E-state index contributed by atoms with van der Waals surface area (Å²) in [6.07, 6.45) is 9.13. The van der Waals surface area contributed by atoms with Gasteiger partial charge < -0.3 is 9.88 Å². The summed E-state index contributed by atoms with van der Waals surface area (Å²) < 4.78 is 2.69. The number of allylic oxidation sites excluding steroid dienone is 2. The van der Waals surface area contributed by atoms with Crippen LogP contribution >= 0.6 is 11.3 Å². The summed E-state index contributed by atoms with van der Waals surface area (Å²) in [7, 11) is 0. The number of aromatic amines is 1. The van der Waals surface area contributed by atoms with Gasteiger partial charge in [-0.2, -0.15) is 0 Å². The number of hydrogen-bond acceptors (Lipinski definition) is 2. The number of aromatic nitrogens is 1. The van der Waals surface area contributed by atoms with Crippen LogP contribution in [0.5, 0.6) is 0 Å². The Kier molecular flexibility index (Phi) is 4.35. The van der Waals surface area contributed by atoms with Crippen molar-refractivity contribution in [2.75, 3.05) is 4.90 Å². The second-order valence-electron chi connectivity index (χ2n) is 10.6. The van der Waals surface area contributed by atoms with Gasteiger partial charge in [0.2, 0.25) is 0 Å². The molecular formula is C36H24N2S. The molecule has 0 radical (unpaired) electrons. The Morgan fingerprint density at radius 3 is 2.41 bits per heavy atom. The van der Waals surface area contributed by atoms with Crippen molar-refractivity contribution in [2.24, 2.45) is 0 Å². The molecule has 2 nitrogen and oxygen atoms in total. The Bertz CT molecular complexity index is 2160. The van der Waals surface area contributed by atoms with E-state index in [-0.39, 0.29) is 6.04 Å². The molecular weight excluding hydrogens is 492 g/mol. The van der Waals surface area contributed by atoms with Gasteiger partial charge >= 0.3 is 0 Å². The topological polar surface area (TPSA) is 19.0 Å². The first-order valence-electron chi connectivity index (χ1n) is 13.5. The van der Waals surface area contributed by atoms with Gasteiger partial charge in [-0.3, -0.25) is 0 Å². The molecule has 0 saturated heterocycles. The fourth-order valence-electron chi connectivity index (χ4n) is 6.79. The zero-order valence-electron chi connectivity index (χ0n) is 21.1. The lowest BCUT2D eigenvalue weighted by molar-refractivity contribution is 0.745. The van der Waals surface area contributed by atoms with Crippen LogP contribution in [0.25, 0.3) is 53.1 Å². The van der Waals surface area contributed by atoms with Crippen LogP contribution in [0.15, 0.2) is 127 Å². The van der Waals surface area contributed by atoms with Crippen molar-refractivity contribution in [3.8, 4) is 11.1 Å². The zero-order chi connectivity index (χ0) is 25.5. The van der Waals surface area contributed by atoms with E-state index in [0.717, 1.165) is 0 Å². The number of nitrogens with one attached hydrogen (secondary N) is 1. The van der Waals surface area contributed by atoms with Gasteiger partial charge in [0.05, 0.1) is 11.7 Å². The summed E-state index contributed by atoms with van der Waals surface area (Å²) in [5, 5.41) is 5.28. The molecule has 0 bridgehead atoms. The highest BCUT2D eigenvalue weighted by Gasteiger charge is 2.39. The molecule has 0 fully saturated rings. The molecule has 0 spiro atoms. The van der Waals surface area contributed by atoms with Gasteiger partial charge in [0.25, 0.3) is 0 Å². The van der Waals surface area contributed by atoms with Gasteiger partial charge in [-0.05, 0) is 59.2 Å². The predicted molar refractivity (Wildman–Crippen MR) is 168 cm³/mol. The predicted octanol–water partition coefficient (Wildman–Crippen LogP) is 10.1. The Balaban J connectivity index is 1.26. The Hall–Kier alpha value is -4.60. The summed E-state index contributed by atoms with van der Waals surface area (Å²) in [4.78, 5) is 6.24. The van der Waals surface area contributed by atoms with Crippen LogP contribution < -0.4 is 4.90 Å². The number of fused-ring (bicyclic) bond motifs is 10. The average molecular weight is 517 g/mol. The lowest BCUT2D eigenvalue weighted by Gasteiger charge is -2.29. The van der Waals surface area contributed by atoms with Crippen molar-refractivity contribution in [2.45, 2.75) is 12.0 Å². The van der Waals surface area contributed by atoms with Crippen molar-refractivity contribution in [1.82, 2.24) is 4.98 Å². The van der Waals surface area contributed by atoms with Crippen LogP contribution in [0.1, 0.15) is 11.5 Å². The van der Waals surface area contributed by atoms with E-state index >= 15 is 0 Å². The van der Waals surface area contributed by atoms with E-state index < -0.39 is 0 Å². The van der Waals surface area contributed by atoms with Gasteiger partial charge in [-0.1, -0.05) is 85.0 Å². The van der Waals surface area contributed by atoms with Crippen LogP contribution in [0.3, 0.4) is 0 Å². The van der Waals surface area contributed by atoms with Gasteiger partial charge in [-0.15, -0.1) is 11.3 Å². The molecule has 2 aliphatic rings. The van der Waals surface area contributed by atoms with Crippen molar-refractivity contribution in [3.63, 3.8) is 0 Å². The van der Waals surface area contributed by atoms with E-state index in [9.17, 15) is 0 Å². The molecule has 1 N–H and O–H groups in total. The van der Waals surface area contributed by atoms with E-state index in [1.54, 1.807) is 0 Å². The first-order chi connectivity index (χ1) is 19.3. The number of benzene rings is 5. The minimum atomic E-state index is 0.253. The third-order valence-corrected chi connectivity index (χ3v) is 9.67. The molecule has 2 atom stereocenters. The Morgan fingerprint density at radius 1 is 0.615 bits per heavy atom. The number of para-hydroxylation sites is 1. The molecule has 2 unspecified atom stereocenters. The highest BCUT2D eigenvalue weighted by molar-refractivity contribution is 7.25. The molecule has 39 heavy (non-hydrogen) atoms. The maximum Gasteiger partial charge on any atom is 0.0629 e. The fourth-order valence-corrected chi connectivity index (χ4v) is 7.88. The van der Waals surface area contributed by atoms with E-state index in [1.807, 2.05) is 11.3 Å². The maximum atomic E-state index is 3.67.